The molecule has 0 bridgehead atoms. The van der Waals surface area contributed by atoms with Crippen LogP contribution in [0.15, 0.2) is 42.7 Å². The number of nitrogens with two attached hydrogens (primary N) is 1. The lowest BCUT2D eigenvalue weighted by Crippen LogP contribution is -2.26. The van der Waals surface area contributed by atoms with Crippen molar-refractivity contribution in [3.63, 3.8) is 0 Å². The summed E-state index contributed by atoms with van der Waals surface area (Å²) in [5.41, 5.74) is 10.9. The fourth-order valence-corrected chi connectivity index (χ4v) is 3.13. The lowest BCUT2D eigenvalue weighted by atomic mass is 9.93. The Kier molecular flexibility index (Phi) is 3.84. The number of pyridine rings is 1. The van der Waals surface area contributed by atoms with Crippen LogP contribution in [0.25, 0.3) is 22.5 Å². The Labute approximate surface area is 145 Å². The third-order valence-corrected chi connectivity index (χ3v) is 4.34. The number of aromatic nitrogens is 3. The van der Waals surface area contributed by atoms with Crippen LogP contribution in [0.5, 0.6) is 0 Å². The summed E-state index contributed by atoms with van der Waals surface area (Å²) < 4.78 is 0. The number of anilines is 1. The van der Waals surface area contributed by atoms with Crippen LogP contribution in [0.3, 0.4) is 0 Å². The van der Waals surface area contributed by atoms with Crippen LogP contribution in [0.4, 0.5) is 5.82 Å². The van der Waals surface area contributed by atoms with Crippen LogP contribution in [-0.4, -0.2) is 21.5 Å². The van der Waals surface area contributed by atoms with E-state index in [2.05, 4.69) is 26.3 Å². The second-order valence-corrected chi connectivity index (χ2v) is 5.87. The fourth-order valence-electron chi connectivity index (χ4n) is 3.13. The Hall–Kier alpha value is -3.30. The molecule has 25 heavy (non-hydrogen) atoms. The van der Waals surface area contributed by atoms with Gasteiger partial charge in [0.2, 0.25) is 0 Å². The molecular formula is C19H16N6. The first-order valence-corrected chi connectivity index (χ1v) is 8.08. The highest BCUT2D eigenvalue weighted by Gasteiger charge is 2.22. The average Bonchev–Trinajstić information content (AvgIpc) is 2.68. The molecule has 0 amide bonds. The lowest BCUT2D eigenvalue weighted by molar-refractivity contribution is 0.632. The summed E-state index contributed by atoms with van der Waals surface area (Å²) in [5, 5.41) is 12.9. The fraction of sp³-hybridized carbons (Fsp3) is 0.158. The minimum Gasteiger partial charge on any atom is -0.383 e. The topological polar surface area (TPSA) is 101 Å². The van der Waals surface area contributed by atoms with E-state index in [9.17, 15) is 5.26 Å². The second kappa shape index (κ2) is 6.30. The lowest BCUT2D eigenvalue weighted by Gasteiger charge is -2.21. The largest absolute Gasteiger partial charge is 0.383 e. The predicted molar refractivity (Wildman–Crippen MR) is 95.2 cm³/mol. The van der Waals surface area contributed by atoms with Gasteiger partial charge >= 0.3 is 0 Å². The number of rotatable bonds is 2. The molecule has 0 unspecified atom stereocenters. The Morgan fingerprint density at radius 1 is 1.08 bits per heavy atom. The zero-order valence-corrected chi connectivity index (χ0v) is 13.5. The summed E-state index contributed by atoms with van der Waals surface area (Å²) in [6, 6.07) is 12.0. The van der Waals surface area contributed by atoms with Crippen LogP contribution in [-0.2, 0) is 13.0 Å². The van der Waals surface area contributed by atoms with E-state index in [0.29, 0.717) is 17.9 Å². The normalized spacial score (nSPS) is 13.1. The minimum absolute atomic E-state index is 0.269. The highest BCUT2D eigenvalue weighted by atomic mass is 14.9. The van der Waals surface area contributed by atoms with Crippen molar-refractivity contribution in [1.29, 1.82) is 5.26 Å². The molecule has 0 atom stereocenters. The molecule has 0 fully saturated rings. The molecule has 3 aromatic rings. The summed E-state index contributed by atoms with van der Waals surface area (Å²) in [7, 11) is 0. The maximum Gasteiger partial charge on any atom is 0.159 e. The molecular weight excluding hydrogens is 312 g/mol. The average molecular weight is 328 g/mol. The van der Waals surface area contributed by atoms with Gasteiger partial charge < -0.3 is 11.1 Å². The van der Waals surface area contributed by atoms with Gasteiger partial charge in [-0.3, -0.25) is 0 Å². The standard InChI is InChI=1S/C19H16N6/c20-8-14-17(15-11-22-7-6-16(15)25-18(14)21)13-9-23-19(24-10-13)12-4-2-1-3-5-12/h1-5,9-10,22H,6-7,11H2,(H2,21,25). The van der Waals surface area contributed by atoms with Gasteiger partial charge in [-0.1, -0.05) is 30.3 Å². The van der Waals surface area contributed by atoms with E-state index in [1.807, 2.05) is 30.3 Å². The second-order valence-electron chi connectivity index (χ2n) is 5.87. The summed E-state index contributed by atoms with van der Waals surface area (Å²) in [6.45, 7) is 1.52. The molecule has 1 aromatic carbocycles. The van der Waals surface area contributed by atoms with Gasteiger partial charge in [-0.25, -0.2) is 15.0 Å². The van der Waals surface area contributed by atoms with Crippen molar-refractivity contribution < 1.29 is 0 Å². The smallest absolute Gasteiger partial charge is 0.159 e. The van der Waals surface area contributed by atoms with E-state index in [-0.39, 0.29) is 5.82 Å². The zero-order valence-electron chi connectivity index (χ0n) is 13.5. The highest BCUT2D eigenvalue weighted by Crippen LogP contribution is 2.33. The molecule has 0 aliphatic carbocycles. The van der Waals surface area contributed by atoms with E-state index in [0.717, 1.165) is 40.9 Å². The van der Waals surface area contributed by atoms with E-state index < -0.39 is 0 Å². The first kappa shape index (κ1) is 15.2. The Bertz CT molecular complexity index is 958. The molecule has 0 spiro atoms. The summed E-state index contributed by atoms with van der Waals surface area (Å²) in [5.74, 6) is 0.919. The molecule has 3 N–H and O–H groups in total. The number of nitrogens with one attached hydrogen (secondary N) is 1. The van der Waals surface area contributed by atoms with Crippen molar-refractivity contribution in [2.24, 2.45) is 0 Å². The van der Waals surface area contributed by atoms with Gasteiger partial charge in [0.15, 0.2) is 5.82 Å². The van der Waals surface area contributed by atoms with Crippen molar-refractivity contribution in [1.82, 2.24) is 20.3 Å². The van der Waals surface area contributed by atoms with Gasteiger partial charge in [-0.15, -0.1) is 0 Å². The van der Waals surface area contributed by atoms with Crippen molar-refractivity contribution in [3.05, 3.63) is 59.5 Å². The first-order chi connectivity index (χ1) is 12.3. The monoisotopic (exact) mass is 328 g/mol. The van der Waals surface area contributed by atoms with Crippen LogP contribution in [0.1, 0.15) is 16.8 Å². The SMILES string of the molecule is N#Cc1c(N)nc2c(c1-c1cnc(-c3ccccc3)nc1)CNCC2. The summed E-state index contributed by atoms with van der Waals surface area (Å²) in [4.78, 5) is 13.4. The van der Waals surface area contributed by atoms with Crippen molar-refractivity contribution >= 4 is 5.82 Å². The third kappa shape index (κ3) is 2.71. The van der Waals surface area contributed by atoms with E-state index >= 15 is 0 Å². The van der Waals surface area contributed by atoms with Gasteiger partial charge in [-0.05, 0) is 5.56 Å². The Balaban J connectivity index is 1.85. The van der Waals surface area contributed by atoms with Crippen molar-refractivity contribution in [3.8, 4) is 28.6 Å². The maximum absolute atomic E-state index is 9.56. The molecule has 0 saturated heterocycles. The van der Waals surface area contributed by atoms with Crippen LogP contribution < -0.4 is 11.1 Å². The number of hydrogen-bond acceptors (Lipinski definition) is 6. The number of nitrogen functional groups attached to an aromatic ring is 1. The van der Waals surface area contributed by atoms with Crippen molar-refractivity contribution in [2.75, 3.05) is 12.3 Å². The van der Waals surface area contributed by atoms with Gasteiger partial charge in [0, 0.05) is 54.3 Å². The predicted octanol–water partition coefficient (Wildman–Crippen LogP) is 2.31. The third-order valence-electron chi connectivity index (χ3n) is 4.34. The van der Waals surface area contributed by atoms with Gasteiger partial charge in [-0.2, -0.15) is 5.26 Å². The van der Waals surface area contributed by atoms with E-state index in [4.69, 9.17) is 5.73 Å². The van der Waals surface area contributed by atoms with Crippen LogP contribution >= 0.6 is 0 Å². The molecule has 4 rings (SSSR count). The molecule has 1 aliphatic rings. The number of nitrogens with zero attached hydrogens (tertiary/aromatic N) is 4. The number of hydrogen-bond donors (Lipinski definition) is 2. The number of benzene rings is 1. The van der Waals surface area contributed by atoms with Gasteiger partial charge in [0.25, 0.3) is 0 Å². The van der Waals surface area contributed by atoms with E-state index in [1.54, 1.807) is 12.4 Å². The minimum atomic E-state index is 0.269. The van der Waals surface area contributed by atoms with Crippen LogP contribution in [0, 0.1) is 11.3 Å². The quantitative estimate of drug-likeness (QED) is 0.748. The Morgan fingerprint density at radius 2 is 1.84 bits per heavy atom. The summed E-state index contributed by atoms with van der Waals surface area (Å²) >= 11 is 0. The molecule has 6 heteroatoms. The summed E-state index contributed by atoms with van der Waals surface area (Å²) in [6.07, 6.45) is 4.29. The number of nitriles is 1. The molecule has 0 saturated carbocycles. The maximum atomic E-state index is 9.56. The number of fused-ring (bicyclic) bond motifs is 1. The van der Waals surface area contributed by atoms with Crippen molar-refractivity contribution in [2.45, 2.75) is 13.0 Å². The van der Waals surface area contributed by atoms with Gasteiger partial charge in [0.05, 0.1) is 0 Å². The zero-order chi connectivity index (χ0) is 17.2. The molecule has 122 valence electrons. The van der Waals surface area contributed by atoms with E-state index in [1.165, 1.54) is 0 Å². The molecule has 2 aromatic heterocycles. The van der Waals surface area contributed by atoms with Crippen LogP contribution in [0.2, 0.25) is 0 Å². The molecule has 1 aliphatic heterocycles. The first-order valence-electron chi connectivity index (χ1n) is 8.08. The molecule has 3 heterocycles. The van der Waals surface area contributed by atoms with Gasteiger partial charge in [0.1, 0.15) is 17.5 Å². The molecule has 0 radical (unpaired) electrons. The highest BCUT2D eigenvalue weighted by molar-refractivity contribution is 5.79. The molecule has 6 nitrogen and oxygen atoms in total. The Morgan fingerprint density at radius 3 is 2.56 bits per heavy atom.